The van der Waals surface area contributed by atoms with Gasteiger partial charge >= 0.3 is 51.4 Å². The summed E-state index contributed by atoms with van der Waals surface area (Å²) >= 11 is 0. The molecule has 9 heteroatoms. The molecule has 4 aliphatic rings. The molecule has 2 fully saturated rings. The van der Waals surface area contributed by atoms with Crippen molar-refractivity contribution in [1.29, 1.82) is 0 Å². The van der Waals surface area contributed by atoms with E-state index in [2.05, 4.69) is 39.8 Å². The van der Waals surface area contributed by atoms with E-state index < -0.39 is 21.3 Å². The third-order valence-corrected chi connectivity index (χ3v) is 9.68. The molecule has 0 radical (unpaired) electrons. The minimum atomic E-state index is -3.82. The molecule has 2 heterocycles. The standard InChI is InChI=1S/C24H36N4O3S.K/c1-16(2)28-14-19(15-28)27-11-9-20(10-12-27)32(30,31)26-24(29)25-23-21-7-3-5-17(21)13-18-6-4-8-22(18)23;/h13,16,19-20H,3-12,14-15H2,1-2H3,(H2,25,26,29);/q;+1/p-1. The number of nitrogens with one attached hydrogen (secondary N) is 1. The maximum Gasteiger partial charge on any atom is 1.00 e. The van der Waals surface area contributed by atoms with E-state index in [-0.39, 0.29) is 51.4 Å². The summed E-state index contributed by atoms with van der Waals surface area (Å²) in [7, 11) is -3.82. The molecule has 5 rings (SSSR count). The van der Waals surface area contributed by atoms with Crippen molar-refractivity contribution in [1.82, 2.24) is 9.80 Å². The number of fused-ring (bicyclic) bond motifs is 2. The number of hydrogen-bond acceptors (Lipinski definition) is 5. The number of urea groups is 1. The van der Waals surface area contributed by atoms with Gasteiger partial charge < -0.3 is 10.0 Å². The first-order chi connectivity index (χ1) is 15.3. The Labute approximate surface area is 240 Å². The molecule has 2 amide bonds. The van der Waals surface area contributed by atoms with Gasteiger partial charge in [0.15, 0.2) is 16.1 Å². The second-order valence-electron chi connectivity index (χ2n) is 10.2. The number of benzene rings is 1. The maximum absolute atomic E-state index is 12.9. The molecule has 176 valence electrons. The van der Waals surface area contributed by atoms with Crippen LogP contribution in [0.2, 0.25) is 0 Å². The SMILES string of the molecule is CC(C)N1CC(N2CCC(S(=O)(=O)[N-]C(=O)Nc3c4c(cc5c3CCC5)CCC4)CC2)C1.[K+]. The summed E-state index contributed by atoms with van der Waals surface area (Å²) in [6, 6.07) is 2.66. The van der Waals surface area contributed by atoms with E-state index >= 15 is 0 Å². The van der Waals surface area contributed by atoms with Gasteiger partial charge in [-0.25, -0.2) is 8.42 Å². The molecule has 0 atom stereocenters. The summed E-state index contributed by atoms with van der Waals surface area (Å²) in [6.07, 6.45) is 7.24. The summed E-state index contributed by atoms with van der Waals surface area (Å²) in [5.41, 5.74) is 5.85. The van der Waals surface area contributed by atoms with Gasteiger partial charge in [0.25, 0.3) is 0 Å². The average Bonchev–Trinajstić information content (AvgIpc) is 3.35. The molecular formula is C24H35KN4O3S. The Balaban J connectivity index is 0.00000259. The van der Waals surface area contributed by atoms with Crippen LogP contribution >= 0.6 is 0 Å². The van der Waals surface area contributed by atoms with Gasteiger partial charge in [0.05, 0.1) is 5.25 Å². The van der Waals surface area contributed by atoms with Crippen LogP contribution in [0, 0.1) is 0 Å². The monoisotopic (exact) mass is 498 g/mol. The van der Waals surface area contributed by atoms with E-state index in [1.807, 2.05) is 0 Å². The third kappa shape index (κ3) is 5.40. The predicted octanol–water partition coefficient (Wildman–Crippen LogP) is 0.460. The molecule has 0 saturated carbocycles. The van der Waals surface area contributed by atoms with E-state index in [0.717, 1.165) is 70.4 Å². The Morgan fingerprint density at radius 2 is 1.61 bits per heavy atom. The second-order valence-corrected chi connectivity index (χ2v) is 12.1. The number of piperidine rings is 1. The Hall–Kier alpha value is -0.00364. The molecule has 1 aromatic carbocycles. The number of nitrogens with zero attached hydrogens (tertiary/aromatic N) is 3. The van der Waals surface area contributed by atoms with E-state index in [9.17, 15) is 13.2 Å². The fourth-order valence-electron chi connectivity index (χ4n) is 5.97. The number of carbonyl (C=O) groups excluding carboxylic acids is 1. The number of aryl methyl sites for hydroxylation is 2. The van der Waals surface area contributed by atoms with E-state index in [4.69, 9.17) is 0 Å². The third-order valence-electron chi connectivity index (χ3n) is 7.95. The Morgan fingerprint density at radius 1 is 1.03 bits per heavy atom. The molecule has 7 nitrogen and oxygen atoms in total. The van der Waals surface area contributed by atoms with Gasteiger partial charge in [0.1, 0.15) is 0 Å². The van der Waals surface area contributed by atoms with Crippen molar-refractivity contribution in [2.24, 2.45) is 0 Å². The Kier molecular flexibility index (Phi) is 8.33. The van der Waals surface area contributed by atoms with E-state index in [1.54, 1.807) is 0 Å². The van der Waals surface area contributed by atoms with Crippen LogP contribution in [0.25, 0.3) is 4.72 Å². The molecule has 33 heavy (non-hydrogen) atoms. The molecule has 0 unspecified atom stereocenters. The first kappa shape index (κ1) is 26.1. The van der Waals surface area contributed by atoms with Crippen LogP contribution in [0.1, 0.15) is 61.8 Å². The average molecular weight is 499 g/mol. The molecule has 2 aliphatic carbocycles. The Bertz CT molecular complexity index is 967. The number of rotatable bonds is 5. The smallest absolute Gasteiger partial charge is 0.423 e. The quantitative estimate of drug-likeness (QED) is 0.597. The summed E-state index contributed by atoms with van der Waals surface area (Å²) in [5, 5.41) is 2.34. The van der Waals surface area contributed by atoms with Gasteiger partial charge in [0, 0.05) is 25.2 Å². The van der Waals surface area contributed by atoms with Crippen molar-refractivity contribution < 1.29 is 64.6 Å². The van der Waals surface area contributed by atoms with Crippen LogP contribution in [-0.4, -0.2) is 67.8 Å². The predicted molar refractivity (Wildman–Crippen MR) is 127 cm³/mol. The molecule has 1 N–H and O–H groups in total. The van der Waals surface area contributed by atoms with Crippen LogP contribution < -0.4 is 56.7 Å². The summed E-state index contributed by atoms with van der Waals surface area (Å²) in [5.74, 6) is 0. The summed E-state index contributed by atoms with van der Waals surface area (Å²) < 4.78 is 29.5. The maximum atomic E-state index is 12.9. The van der Waals surface area contributed by atoms with Crippen LogP contribution in [0.5, 0.6) is 0 Å². The second kappa shape index (κ2) is 10.5. The largest absolute Gasteiger partial charge is 1.00 e. The number of likely N-dealkylation sites (tertiary alicyclic amines) is 2. The van der Waals surface area contributed by atoms with Gasteiger partial charge in [-0.2, -0.15) is 0 Å². The van der Waals surface area contributed by atoms with Gasteiger partial charge in [-0.05, 0) is 106 Å². The molecular weight excluding hydrogens is 463 g/mol. The minimum absolute atomic E-state index is 0. The molecule has 2 aliphatic heterocycles. The molecule has 1 aromatic rings. The van der Waals surface area contributed by atoms with Crippen molar-refractivity contribution in [3.8, 4) is 0 Å². The van der Waals surface area contributed by atoms with E-state index in [0.29, 0.717) is 24.9 Å². The van der Waals surface area contributed by atoms with Gasteiger partial charge in [-0.3, -0.25) is 14.6 Å². The first-order valence-corrected chi connectivity index (χ1v) is 13.7. The normalized spacial score (nSPS) is 21.9. The number of amides is 2. The summed E-state index contributed by atoms with van der Waals surface area (Å²) in [4.78, 5) is 17.6. The van der Waals surface area contributed by atoms with Gasteiger partial charge in [-0.15, -0.1) is 0 Å². The molecule has 2 saturated heterocycles. The molecule has 0 aromatic heterocycles. The zero-order chi connectivity index (χ0) is 22.5. The zero-order valence-electron chi connectivity index (χ0n) is 20.3. The van der Waals surface area contributed by atoms with Gasteiger partial charge in [-0.1, -0.05) is 6.07 Å². The van der Waals surface area contributed by atoms with Crippen molar-refractivity contribution in [3.05, 3.63) is 33.0 Å². The number of hydrogen-bond donors (Lipinski definition) is 1. The summed E-state index contributed by atoms with van der Waals surface area (Å²) in [6.45, 7) is 8.06. The number of anilines is 1. The fraction of sp³-hybridized carbons (Fsp3) is 0.708. The van der Waals surface area contributed by atoms with Crippen molar-refractivity contribution in [2.75, 3.05) is 31.5 Å². The van der Waals surface area contributed by atoms with Crippen molar-refractivity contribution >= 4 is 21.7 Å². The Morgan fingerprint density at radius 3 is 2.15 bits per heavy atom. The van der Waals surface area contributed by atoms with Crippen LogP contribution in [0.3, 0.4) is 0 Å². The van der Waals surface area contributed by atoms with Crippen LogP contribution in [-0.2, 0) is 35.7 Å². The molecule has 0 spiro atoms. The van der Waals surface area contributed by atoms with Crippen molar-refractivity contribution in [3.63, 3.8) is 0 Å². The number of carbonyl (C=O) groups is 1. The fourth-order valence-corrected chi connectivity index (χ4v) is 7.20. The molecule has 0 bridgehead atoms. The zero-order valence-corrected chi connectivity index (χ0v) is 24.2. The van der Waals surface area contributed by atoms with Crippen LogP contribution in [0.15, 0.2) is 6.07 Å². The van der Waals surface area contributed by atoms with Crippen molar-refractivity contribution in [2.45, 2.75) is 82.5 Å². The first-order valence-electron chi connectivity index (χ1n) is 12.2. The number of sulfonamides is 1. The topological polar surface area (TPSA) is 83.8 Å². The van der Waals surface area contributed by atoms with Crippen LogP contribution in [0.4, 0.5) is 10.5 Å². The minimum Gasteiger partial charge on any atom is -0.423 e. The van der Waals surface area contributed by atoms with Gasteiger partial charge in [0.2, 0.25) is 0 Å². The van der Waals surface area contributed by atoms with E-state index in [1.165, 1.54) is 22.3 Å².